The summed E-state index contributed by atoms with van der Waals surface area (Å²) in [6.07, 6.45) is 0.424. The summed E-state index contributed by atoms with van der Waals surface area (Å²) in [5, 5.41) is 0. The second-order valence-corrected chi connectivity index (χ2v) is 4.84. The summed E-state index contributed by atoms with van der Waals surface area (Å²) in [6.45, 7) is 7.24. The van der Waals surface area contributed by atoms with Crippen molar-refractivity contribution < 1.29 is 14.3 Å². The maximum atomic E-state index is 11.9. The minimum Gasteiger partial charge on any atom is -0.493 e. The van der Waals surface area contributed by atoms with Gasteiger partial charge in [0, 0.05) is 13.1 Å². The molecule has 1 saturated heterocycles. The molecule has 104 valence electrons. The molecule has 1 aromatic carbocycles. The van der Waals surface area contributed by atoms with Crippen molar-refractivity contribution in [2.24, 2.45) is 0 Å². The SMILES string of the molecule is Cc1ccc(OCCC(=O)N2CCOCC2)cc1C. The first-order valence-corrected chi connectivity index (χ1v) is 6.72. The first kappa shape index (κ1) is 13.9. The molecule has 0 unspecified atom stereocenters. The highest BCUT2D eigenvalue weighted by molar-refractivity contribution is 5.76. The van der Waals surface area contributed by atoms with E-state index in [2.05, 4.69) is 13.8 Å². The fourth-order valence-corrected chi connectivity index (χ4v) is 2.03. The molecular formula is C15H21NO3. The molecule has 1 fully saturated rings. The molecule has 1 amide bonds. The summed E-state index contributed by atoms with van der Waals surface area (Å²) in [5.74, 6) is 0.977. The van der Waals surface area contributed by atoms with E-state index >= 15 is 0 Å². The Bertz CT molecular complexity index is 439. The van der Waals surface area contributed by atoms with Gasteiger partial charge in [0.15, 0.2) is 0 Å². The maximum absolute atomic E-state index is 11.9. The van der Waals surface area contributed by atoms with Gasteiger partial charge in [-0.1, -0.05) is 6.07 Å². The maximum Gasteiger partial charge on any atom is 0.226 e. The second kappa shape index (κ2) is 6.57. The van der Waals surface area contributed by atoms with Gasteiger partial charge in [0.1, 0.15) is 5.75 Å². The number of morpholine rings is 1. The highest BCUT2D eigenvalue weighted by Crippen LogP contribution is 2.16. The Morgan fingerprint density at radius 2 is 2.00 bits per heavy atom. The van der Waals surface area contributed by atoms with Crippen molar-refractivity contribution in [1.29, 1.82) is 0 Å². The topological polar surface area (TPSA) is 38.8 Å². The fourth-order valence-electron chi connectivity index (χ4n) is 2.03. The highest BCUT2D eigenvalue weighted by atomic mass is 16.5. The van der Waals surface area contributed by atoms with Crippen LogP contribution in [0.5, 0.6) is 5.75 Å². The number of hydrogen-bond acceptors (Lipinski definition) is 3. The zero-order chi connectivity index (χ0) is 13.7. The van der Waals surface area contributed by atoms with Crippen LogP contribution < -0.4 is 4.74 Å². The Hall–Kier alpha value is -1.55. The summed E-state index contributed by atoms with van der Waals surface area (Å²) in [6, 6.07) is 5.99. The summed E-state index contributed by atoms with van der Waals surface area (Å²) in [7, 11) is 0. The zero-order valence-corrected chi connectivity index (χ0v) is 11.6. The van der Waals surface area contributed by atoms with Crippen LogP contribution in [0.2, 0.25) is 0 Å². The van der Waals surface area contributed by atoms with Crippen molar-refractivity contribution in [1.82, 2.24) is 4.90 Å². The van der Waals surface area contributed by atoms with Gasteiger partial charge in [0.2, 0.25) is 5.91 Å². The van der Waals surface area contributed by atoms with E-state index in [4.69, 9.17) is 9.47 Å². The average molecular weight is 263 g/mol. The minimum absolute atomic E-state index is 0.145. The molecule has 1 aliphatic heterocycles. The second-order valence-electron chi connectivity index (χ2n) is 4.84. The Morgan fingerprint density at radius 3 is 2.68 bits per heavy atom. The molecule has 0 atom stereocenters. The molecular weight excluding hydrogens is 242 g/mol. The molecule has 0 saturated carbocycles. The van der Waals surface area contributed by atoms with Gasteiger partial charge >= 0.3 is 0 Å². The molecule has 1 aromatic rings. The summed E-state index contributed by atoms with van der Waals surface area (Å²) >= 11 is 0. The smallest absolute Gasteiger partial charge is 0.226 e. The third-order valence-corrected chi connectivity index (χ3v) is 3.43. The predicted octanol–water partition coefficient (Wildman–Crippen LogP) is 1.93. The van der Waals surface area contributed by atoms with Gasteiger partial charge in [-0.05, 0) is 37.1 Å². The average Bonchev–Trinajstić information content (AvgIpc) is 2.43. The lowest BCUT2D eigenvalue weighted by Crippen LogP contribution is -2.41. The molecule has 4 nitrogen and oxygen atoms in total. The molecule has 1 heterocycles. The third-order valence-electron chi connectivity index (χ3n) is 3.43. The largest absolute Gasteiger partial charge is 0.493 e. The van der Waals surface area contributed by atoms with E-state index in [1.54, 1.807) is 0 Å². The first-order valence-electron chi connectivity index (χ1n) is 6.72. The van der Waals surface area contributed by atoms with Crippen LogP contribution in [0.25, 0.3) is 0 Å². The van der Waals surface area contributed by atoms with Gasteiger partial charge < -0.3 is 14.4 Å². The first-order chi connectivity index (χ1) is 9.16. The Labute approximate surface area is 114 Å². The number of amides is 1. The molecule has 0 N–H and O–H groups in total. The molecule has 1 aliphatic rings. The Kier molecular flexibility index (Phi) is 4.80. The van der Waals surface area contributed by atoms with Crippen LogP contribution in [0.15, 0.2) is 18.2 Å². The number of aryl methyl sites for hydroxylation is 2. The Balaban J connectivity index is 1.76. The molecule has 0 radical (unpaired) electrons. The number of nitrogens with zero attached hydrogens (tertiary/aromatic N) is 1. The van der Waals surface area contributed by atoms with Crippen LogP contribution in [-0.2, 0) is 9.53 Å². The number of rotatable bonds is 4. The predicted molar refractivity (Wildman–Crippen MR) is 73.4 cm³/mol. The standard InChI is InChI=1S/C15H21NO3/c1-12-3-4-14(11-13(12)2)19-8-5-15(17)16-6-9-18-10-7-16/h3-4,11H,5-10H2,1-2H3. The van der Waals surface area contributed by atoms with Crippen LogP contribution in [-0.4, -0.2) is 43.7 Å². The lowest BCUT2D eigenvalue weighted by Gasteiger charge is -2.26. The van der Waals surface area contributed by atoms with Crippen LogP contribution in [0.1, 0.15) is 17.5 Å². The van der Waals surface area contributed by atoms with E-state index in [-0.39, 0.29) is 5.91 Å². The van der Waals surface area contributed by atoms with E-state index in [1.165, 1.54) is 11.1 Å². The molecule has 0 aromatic heterocycles. The molecule has 0 spiro atoms. The van der Waals surface area contributed by atoms with Crippen molar-refractivity contribution in [3.63, 3.8) is 0 Å². The number of benzene rings is 1. The fraction of sp³-hybridized carbons (Fsp3) is 0.533. The molecule has 0 bridgehead atoms. The van der Waals surface area contributed by atoms with Gasteiger partial charge in [-0.15, -0.1) is 0 Å². The summed E-state index contributed by atoms with van der Waals surface area (Å²) in [5.41, 5.74) is 2.45. The van der Waals surface area contributed by atoms with Gasteiger partial charge in [-0.2, -0.15) is 0 Å². The minimum atomic E-state index is 0.145. The van der Waals surface area contributed by atoms with E-state index in [9.17, 15) is 4.79 Å². The van der Waals surface area contributed by atoms with E-state index in [0.717, 1.165) is 5.75 Å². The number of carbonyl (C=O) groups is 1. The van der Waals surface area contributed by atoms with E-state index < -0.39 is 0 Å². The third kappa shape index (κ3) is 3.96. The van der Waals surface area contributed by atoms with Crippen molar-refractivity contribution in [3.8, 4) is 5.75 Å². The van der Waals surface area contributed by atoms with Crippen molar-refractivity contribution in [2.75, 3.05) is 32.9 Å². The monoisotopic (exact) mass is 263 g/mol. The quantitative estimate of drug-likeness (QED) is 0.833. The van der Waals surface area contributed by atoms with Gasteiger partial charge in [0.05, 0.1) is 26.2 Å². The number of ether oxygens (including phenoxy) is 2. The highest BCUT2D eigenvalue weighted by Gasteiger charge is 2.16. The van der Waals surface area contributed by atoms with Gasteiger partial charge in [0.25, 0.3) is 0 Å². The van der Waals surface area contributed by atoms with Gasteiger partial charge in [-0.3, -0.25) is 4.79 Å². The van der Waals surface area contributed by atoms with E-state index in [0.29, 0.717) is 39.3 Å². The van der Waals surface area contributed by atoms with Crippen LogP contribution in [0, 0.1) is 13.8 Å². The van der Waals surface area contributed by atoms with Crippen molar-refractivity contribution in [3.05, 3.63) is 29.3 Å². The lowest BCUT2D eigenvalue weighted by molar-refractivity contribution is -0.135. The van der Waals surface area contributed by atoms with E-state index in [1.807, 2.05) is 23.1 Å². The number of carbonyl (C=O) groups excluding carboxylic acids is 1. The normalized spacial score (nSPS) is 15.4. The van der Waals surface area contributed by atoms with Crippen LogP contribution in [0.3, 0.4) is 0 Å². The van der Waals surface area contributed by atoms with Crippen molar-refractivity contribution in [2.45, 2.75) is 20.3 Å². The number of hydrogen-bond donors (Lipinski definition) is 0. The molecule has 0 aliphatic carbocycles. The van der Waals surface area contributed by atoms with Crippen LogP contribution >= 0.6 is 0 Å². The molecule has 4 heteroatoms. The van der Waals surface area contributed by atoms with Crippen molar-refractivity contribution >= 4 is 5.91 Å². The molecule has 19 heavy (non-hydrogen) atoms. The van der Waals surface area contributed by atoms with Gasteiger partial charge in [-0.25, -0.2) is 0 Å². The molecule has 2 rings (SSSR count). The lowest BCUT2D eigenvalue weighted by atomic mass is 10.1. The Morgan fingerprint density at radius 1 is 1.26 bits per heavy atom. The summed E-state index contributed by atoms with van der Waals surface area (Å²) in [4.78, 5) is 13.7. The summed E-state index contributed by atoms with van der Waals surface area (Å²) < 4.78 is 10.8. The van der Waals surface area contributed by atoms with Crippen LogP contribution in [0.4, 0.5) is 0 Å². The zero-order valence-electron chi connectivity index (χ0n) is 11.6.